The van der Waals surface area contributed by atoms with E-state index in [0.717, 1.165) is 22.5 Å². The third-order valence-electron chi connectivity index (χ3n) is 5.40. The lowest BCUT2D eigenvalue weighted by Crippen LogP contribution is -2.21. The molecule has 2 aromatic rings. The number of pyridine rings is 2. The average molecular weight is 408 g/mol. The van der Waals surface area contributed by atoms with E-state index in [1.54, 1.807) is 18.5 Å². The minimum Gasteiger partial charge on any atom is -0.342 e. The van der Waals surface area contributed by atoms with E-state index in [1.807, 2.05) is 50.3 Å². The third-order valence-corrected chi connectivity index (χ3v) is 5.40. The van der Waals surface area contributed by atoms with E-state index < -0.39 is 11.1 Å². The first-order valence-electron chi connectivity index (χ1n) is 9.98. The minimum atomic E-state index is -1.50. The summed E-state index contributed by atoms with van der Waals surface area (Å²) in [7, 11) is 1.90. The van der Waals surface area contributed by atoms with Crippen molar-refractivity contribution in [2.24, 2.45) is 0 Å². The van der Waals surface area contributed by atoms with E-state index in [1.165, 1.54) is 13.8 Å². The van der Waals surface area contributed by atoms with Gasteiger partial charge in [0.2, 0.25) is 5.69 Å². The van der Waals surface area contributed by atoms with Crippen LogP contribution >= 0.6 is 0 Å². The molecule has 0 atom stereocenters. The molecule has 0 saturated heterocycles. The predicted octanol–water partition coefficient (Wildman–Crippen LogP) is 5.37. The highest BCUT2D eigenvalue weighted by Gasteiger charge is 2.26. The number of terminal acetylenes is 1. The molecule has 0 spiro atoms. The van der Waals surface area contributed by atoms with Gasteiger partial charge in [-0.1, -0.05) is 12.5 Å². The van der Waals surface area contributed by atoms with Gasteiger partial charge < -0.3 is 4.90 Å². The summed E-state index contributed by atoms with van der Waals surface area (Å²) in [5.41, 5.74) is 3.38. The van der Waals surface area contributed by atoms with Crippen LogP contribution in [0.2, 0.25) is 0 Å². The largest absolute Gasteiger partial charge is 0.342 e. The van der Waals surface area contributed by atoms with E-state index in [-0.39, 0.29) is 0 Å². The fourth-order valence-corrected chi connectivity index (χ4v) is 3.04. The zero-order valence-electron chi connectivity index (χ0n) is 19.2. The molecule has 0 unspecified atom stereocenters. The molecule has 158 valence electrons. The first-order chi connectivity index (χ1) is 13.8. The van der Waals surface area contributed by atoms with Crippen LogP contribution in [-0.2, 0) is 11.1 Å². The first-order valence-corrected chi connectivity index (χ1v) is 9.98. The Labute approximate surface area is 180 Å². The fourth-order valence-electron chi connectivity index (χ4n) is 3.04. The molecule has 2 heterocycles. The Morgan fingerprint density at radius 1 is 1.23 bits per heavy atom. The maximum atomic E-state index is 14.3. The van der Waals surface area contributed by atoms with Gasteiger partial charge in [0.1, 0.15) is 18.9 Å². The van der Waals surface area contributed by atoms with Crippen LogP contribution in [0, 0.1) is 19.3 Å². The van der Waals surface area contributed by atoms with Crippen molar-refractivity contribution in [3.63, 3.8) is 0 Å². The summed E-state index contributed by atoms with van der Waals surface area (Å²) in [6.45, 7) is 20.0. The Morgan fingerprint density at radius 2 is 1.87 bits per heavy atom. The molecule has 2 rings (SSSR count). The molecule has 30 heavy (non-hydrogen) atoms. The van der Waals surface area contributed by atoms with Gasteiger partial charge >= 0.3 is 0 Å². The van der Waals surface area contributed by atoms with Gasteiger partial charge in [-0.2, -0.15) is 0 Å². The molecule has 5 heteroatoms. The van der Waals surface area contributed by atoms with Crippen LogP contribution in [0.25, 0.3) is 5.70 Å². The van der Waals surface area contributed by atoms with Crippen LogP contribution in [-0.4, -0.2) is 34.9 Å². The van der Waals surface area contributed by atoms with E-state index >= 15 is 0 Å². The Morgan fingerprint density at radius 3 is 2.37 bits per heavy atom. The molecule has 0 radical (unpaired) electrons. The second-order valence-corrected chi connectivity index (χ2v) is 8.55. The molecule has 0 aliphatic carbocycles. The maximum absolute atomic E-state index is 14.3. The molecule has 0 aliphatic rings. The minimum absolute atomic E-state index is 0.400. The predicted molar refractivity (Wildman–Crippen MR) is 124 cm³/mol. The monoisotopic (exact) mass is 407 g/mol. The van der Waals surface area contributed by atoms with Gasteiger partial charge in [-0.25, -0.2) is 13.9 Å². The summed E-state index contributed by atoms with van der Waals surface area (Å²) >= 11 is 0. The van der Waals surface area contributed by atoms with Crippen molar-refractivity contribution in [2.75, 3.05) is 18.5 Å². The summed E-state index contributed by atoms with van der Waals surface area (Å²) in [4.78, 5) is 10.9. The van der Waals surface area contributed by atoms with Crippen molar-refractivity contribution >= 4 is 23.8 Å². The van der Waals surface area contributed by atoms with Crippen LogP contribution in [0.4, 0.5) is 15.8 Å². The lowest BCUT2D eigenvalue weighted by molar-refractivity contribution is -0.427. The first kappa shape index (κ1) is 23.3. The molecule has 0 amide bonds. The number of aromatic nitrogens is 2. The van der Waals surface area contributed by atoms with Crippen LogP contribution < -0.4 is 4.90 Å². The van der Waals surface area contributed by atoms with Gasteiger partial charge in [0, 0.05) is 19.3 Å². The van der Waals surface area contributed by atoms with E-state index in [0.29, 0.717) is 23.6 Å². The second-order valence-electron chi connectivity index (χ2n) is 8.55. The quantitative estimate of drug-likeness (QED) is 0.351. The topological polar surface area (TPSA) is 32.0 Å². The second kappa shape index (κ2) is 8.39. The van der Waals surface area contributed by atoms with Crippen LogP contribution in [0.15, 0.2) is 31.1 Å². The van der Waals surface area contributed by atoms with Gasteiger partial charge in [0.25, 0.3) is 0 Å². The number of aryl methyl sites for hydroxylation is 1. The number of alkyl halides is 1. The fraction of sp³-hybridized carbons (Fsp3) is 0.400. The van der Waals surface area contributed by atoms with Gasteiger partial charge in [0.05, 0.1) is 28.7 Å². The van der Waals surface area contributed by atoms with Gasteiger partial charge in [-0.05, 0) is 58.7 Å². The number of rotatable bonds is 7. The van der Waals surface area contributed by atoms with Crippen molar-refractivity contribution in [1.82, 2.24) is 9.97 Å². The lowest BCUT2D eigenvalue weighted by atomic mass is 9.86. The zero-order chi connectivity index (χ0) is 22.9. The summed E-state index contributed by atoms with van der Waals surface area (Å²) < 4.78 is 16.1. The van der Waals surface area contributed by atoms with Crippen LogP contribution in [0.1, 0.15) is 57.1 Å². The van der Waals surface area contributed by atoms with Crippen molar-refractivity contribution in [3.05, 3.63) is 53.6 Å². The summed E-state index contributed by atoms with van der Waals surface area (Å²) in [6, 6.07) is 3.79. The highest BCUT2D eigenvalue weighted by Crippen LogP contribution is 2.34. The van der Waals surface area contributed by atoms with Crippen molar-refractivity contribution in [3.8, 4) is 12.3 Å². The van der Waals surface area contributed by atoms with E-state index in [2.05, 4.69) is 24.2 Å². The van der Waals surface area contributed by atoms with Crippen molar-refractivity contribution < 1.29 is 8.97 Å². The SMILES string of the molecule is C#CC(C)(C)c1cnc(C(=C)N(C)c2cnc(C(C)(C)F)cc2C)c([N+](=C)CC)c1. The maximum Gasteiger partial charge on any atom is 0.233 e. The molecule has 2 aromatic heterocycles. The van der Waals surface area contributed by atoms with E-state index in [4.69, 9.17) is 11.4 Å². The Kier molecular flexibility index (Phi) is 6.51. The summed E-state index contributed by atoms with van der Waals surface area (Å²) in [6.07, 6.45) is 9.18. The zero-order valence-corrected chi connectivity index (χ0v) is 19.2. The normalized spacial score (nSPS) is 11.7. The lowest BCUT2D eigenvalue weighted by Gasteiger charge is -2.25. The Bertz CT molecular complexity index is 1020. The van der Waals surface area contributed by atoms with E-state index in [9.17, 15) is 4.39 Å². The summed E-state index contributed by atoms with van der Waals surface area (Å²) in [5.74, 6) is 2.81. The van der Waals surface area contributed by atoms with Crippen LogP contribution in [0.3, 0.4) is 0 Å². The third kappa shape index (κ3) is 4.59. The molecule has 0 saturated carbocycles. The molecule has 0 N–H and O–H groups in total. The molecule has 0 fully saturated rings. The van der Waals surface area contributed by atoms with Crippen molar-refractivity contribution in [2.45, 2.75) is 52.6 Å². The molecule has 0 aliphatic heterocycles. The Balaban J connectivity index is 2.52. The molecule has 0 bridgehead atoms. The molecule has 4 nitrogen and oxygen atoms in total. The molecular weight excluding hydrogens is 375 g/mol. The van der Waals surface area contributed by atoms with Crippen LogP contribution in [0.5, 0.6) is 0 Å². The number of nitrogens with zero attached hydrogens (tertiary/aromatic N) is 4. The highest BCUT2D eigenvalue weighted by molar-refractivity contribution is 5.80. The average Bonchev–Trinajstić information content (AvgIpc) is 2.70. The molecular formula is C25H32FN4+. The highest BCUT2D eigenvalue weighted by atomic mass is 19.1. The molecule has 0 aromatic carbocycles. The van der Waals surface area contributed by atoms with Gasteiger partial charge in [-0.15, -0.1) is 6.42 Å². The van der Waals surface area contributed by atoms with Gasteiger partial charge in [-0.3, -0.25) is 4.98 Å². The standard InChI is InChI=1S/C25H32FN4/c1-11-24(5,6)19-14-20(29(9)12-2)23(28-15-19)18(4)30(10)21-16-27-22(13-17(21)3)25(7,8)26/h1,13-16H,4,9,12H2,2-3,5-8,10H3/q+1. The Hall–Kier alpha value is -3.00. The number of hydrogen-bond acceptors (Lipinski definition) is 3. The number of halogens is 1. The smallest absolute Gasteiger partial charge is 0.233 e. The number of hydrogen-bond donors (Lipinski definition) is 0. The summed E-state index contributed by atoms with van der Waals surface area (Å²) in [5, 5.41) is 0. The van der Waals surface area contributed by atoms with Crippen molar-refractivity contribution in [1.29, 1.82) is 0 Å². The number of anilines is 1. The van der Waals surface area contributed by atoms with Gasteiger partial charge in [0.15, 0.2) is 5.69 Å².